The third kappa shape index (κ3) is 15.7. The zero-order valence-corrected chi connectivity index (χ0v) is 21.7. The Hall–Kier alpha value is -2.04. The lowest BCUT2D eigenvalue weighted by Gasteiger charge is -2.23. The lowest BCUT2D eigenvalue weighted by Crippen LogP contribution is -2.33. The highest BCUT2D eigenvalue weighted by atomic mass is 16.4. The van der Waals surface area contributed by atoms with Crippen molar-refractivity contribution in [3.05, 3.63) is 29.8 Å². The first-order valence-electron chi connectivity index (χ1n) is 13.9. The van der Waals surface area contributed by atoms with Crippen LogP contribution in [0.25, 0.3) is 0 Å². The molecule has 0 saturated heterocycles. The quantitative estimate of drug-likeness (QED) is 0.132. The van der Waals surface area contributed by atoms with E-state index in [9.17, 15) is 9.59 Å². The van der Waals surface area contributed by atoms with Gasteiger partial charge in [-0.15, -0.1) is 0 Å². The minimum absolute atomic E-state index is 0.0490. The number of benzene rings is 1. The molecule has 0 heterocycles. The van der Waals surface area contributed by atoms with Crippen LogP contribution in [0.15, 0.2) is 24.3 Å². The number of unbranched alkanes of at least 4 members (excludes halogenated alkanes) is 15. The molecule has 1 aromatic carbocycles. The monoisotopic (exact) mass is 474 g/mol. The molecule has 5 nitrogen and oxygen atoms in total. The van der Waals surface area contributed by atoms with E-state index < -0.39 is 5.97 Å². The van der Waals surface area contributed by atoms with Gasteiger partial charge < -0.3 is 15.7 Å². The maximum absolute atomic E-state index is 13.0. The normalized spacial score (nSPS) is 11.0. The van der Waals surface area contributed by atoms with Gasteiger partial charge in [0.2, 0.25) is 0 Å². The number of hydrogen-bond acceptors (Lipinski definition) is 3. The molecule has 1 aromatic rings. The molecule has 34 heavy (non-hydrogen) atoms. The van der Waals surface area contributed by atoms with E-state index in [1.165, 1.54) is 77.0 Å². The number of nitrogens with two attached hydrogens (primary N) is 1. The molecule has 1 rings (SSSR count). The van der Waals surface area contributed by atoms with Crippen LogP contribution < -0.4 is 5.73 Å². The number of carboxylic acids is 1. The number of nitrogen functional groups attached to an aromatic ring is 1. The maximum atomic E-state index is 13.0. The summed E-state index contributed by atoms with van der Waals surface area (Å²) in [5.41, 5.74) is 7.09. The zero-order valence-electron chi connectivity index (χ0n) is 21.7. The van der Waals surface area contributed by atoms with Gasteiger partial charge in [0.05, 0.1) is 0 Å². The highest BCUT2D eigenvalue weighted by molar-refractivity contribution is 5.94. The summed E-state index contributed by atoms with van der Waals surface area (Å²) in [5.74, 6) is -0.704. The Morgan fingerprint density at radius 3 is 1.53 bits per heavy atom. The molecule has 0 aliphatic carbocycles. The van der Waals surface area contributed by atoms with E-state index in [0.717, 1.165) is 32.2 Å². The van der Waals surface area contributed by atoms with Gasteiger partial charge in [-0.3, -0.25) is 9.59 Å². The van der Waals surface area contributed by atoms with Gasteiger partial charge in [0.15, 0.2) is 0 Å². The molecule has 0 aliphatic rings. The average molecular weight is 475 g/mol. The average Bonchev–Trinajstić information content (AvgIpc) is 2.82. The minimum Gasteiger partial charge on any atom is -0.481 e. The first-order valence-corrected chi connectivity index (χ1v) is 13.9. The summed E-state index contributed by atoms with van der Waals surface area (Å²) in [6.07, 6.45) is 21.0. The highest BCUT2D eigenvalue weighted by Gasteiger charge is 2.15. The Bertz CT molecular complexity index is 645. The van der Waals surface area contributed by atoms with Crippen LogP contribution in [0.2, 0.25) is 0 Å². The second-order valence-corrected chi connectivity index (χ2v) is 9.71. The second-order valence-electron chi connectivity index (χ2n) is 9.71. The number of rotatable bonds is 22. The van der Waals surface area contributed by atoms with Gasteiger partial charge in [-0.1, -0.05) is 96.8 Å². The Labute approximate surface area is 208 Å². The number of carbonyl (C=O) groups excluding carboxylic acids is 1. The first-order chi connectivity index (χ1) is 16.5. The number of anilines is 1. The maximum Gasteiger partial charge on any atom is 0.303 e. The molecule has 5 heteroatoms. The van der Waals surface area contributed by atoms with Crippen molar-refractivity contribution in [2.24, 2.45) is 0 Å². The predicted molar refractivity (Wildman–Crippen MR) is 143 cm³/mol. The summed E-state index contributed by atoms with van der Waals surface area (Å²) in [4.78, 5) is 25.6. The molecule has 0 radical (unpaired) electrons. The molecular formula is C29H50N2O3. The Kier molecular flexibility index (Phi) is 17.9. The molecule has 1 amide bonds. The van der Waals surface area contributed by atoms with Crippen LogP contribution >= 0.6 is 0 Å². The summed E-state index contributed by atoms with van der Waals surface area (Å²) in [5, 5.41) is 8.80. The van der Waals surface area contributed by atoms with Crippen molar-refractivity contribution in [1.82, 2.24) is 4.90 Å². The standard InChI is InChI=1S/C29H50N2O3/c1-2-3-4-5-6-7-8-9-10-11-12-13-14-17-24-31(25-18-15-16-19-28(32)33)29(34)26-20-22-27(30)23-21-26/h20-23H,2-19,24-25,30H2,1H3,(H,32,33). The number of aliphatic carboxylic acids is 1. The fraction of sp³-hybridized carbons (Fsp3) is 0.724. The highest BCUT2D eigenvalue weighted by Crippen LogP contribution is 2.15. The van der Waals surface area contributed by atoms with Gasteiger partial charge in [-0.05, 0) is 43.5 Å². The van der Waals surface area contributed by atoms with E-state index in [1.54, 1.807) is 24.3 Å². The van der Waals surface area contributed by atoms with E-state index in [0.29, 0.717) is 24.2 Å². The molecule has 194 valence electrons. The molecule has 0 saturated carbocycles. The van der Waals surface area contributed by atoms with Gasteiger partial charge in [-0.25, -0.2) is 0 Å². The third-order valence-electron chi connectivity index (χ3n) is 6.55. The van der Waals surface area contributed by atoms with Crippen LogP contribution in [-0.4, -0.2) is 35.0 Å². The van der Waals surface area contributed by atoms with Gasteiger partial charge in [0.1, 0.15) is 0 Å². The first kappa shape index (κ1) is 30.0. The SMILES string of the molecule is CCCCCCCCCCCCCCCCN(CCCCCC(=O)O)C(=O)c1ccc(N)cc1. The Balaban J connectivity index is 2.20. The van der Waals surface area contributed by atoms with Gasteiger partial charge >= 0.3 is 5.97 Å². The predicted octanol–water partition coefficient (Wildman–Crippen LogP) is 7.84. The number of nitrogens with zero attached hydrogens (tertiary/aromatic N) is 1. The van der Waals surface area contributed by atoms with Gasteiger partial charge in [-0.2, -0.15) is 0 Å². The Morgan fingerprint density at radius 2 is 1.09 bits per heavy atom. The lowest BCUT2D eigenvalue weighted by molar-refractivity contribution is -0.137. The number of hydrogen-bond donors (Lipinski definition) is 2. The second kappa shape index (κ2) is 20.3. The smallest absolute Gasteiger partial charge is 0.303 e. The summed E-state index contributed by atoms with van der Waals surface area (Å²) in [6.45, 7) is 3.71. The molecule has 0 fully saturated rings. The van der Waals surface area contributed by atoms with E-state index in [4.69, 9.17) is 10.8 Å². The van der Waals surface area contributed by atoms with E-state index in [2.05, 4.69) is 6.92 Å². The molecule has 0 aromatic heterocycles. The molecule has 0 aliphatic heterocycles. The molecule has 0 bridgehead atoms. The molecule has 0 atom stereocenters. The van der Waals surface area contributed by atoms with Crippen molar-refractivity contribution in [2.75, 3.05) is 18.8 Å². The summed E-state index contributed by atoms with van der Waals surface area (Å²) < 4.78 is 0. The molecule has 0 spiro atoms. The molecular weight excluding hydrogens is 424 g/mol. The minimum atomic E-state index is -0.753. The lowest BCUT2D eigenvalue weighted by atomic mass is 10.0. The van der Waals surface area contributed by atoms with E-state index in [1.807, 2.05) is 4.90 Å². The van der Waals surface area contributed by atoms with Gasteiger partial charge in [0.25, 0.3) is 5.91 Å². The summed E-state index contributed by atoms with van der Waals surface area (Å²) in [6, 6.07) is 7.12. The van der Waals surface area contributed by atoms with Crippen LogP contribution in [0.5, 0.6) is 0 Å². The topological polar surface area (TPSA) is 83.6 Å². The number of carbonyl (C=O) groups is 2. The van der Waals surface area contributed by atoms with Crippen LogP contribution in [0.4, 0.5) is 5.69 Å². The molecule has 3 N–H and O–H groups in total. The van der Waals surface area contributed by atoms with Crippen molar-refractivity contribution in [3.63, 3.8) is 0 Å². The van der Waals surface area contributed by atoms with Crippen molar-refractivity contribution in [2.45, 2.75) is 122 Å². The fourth-order valence-corrected chi connectivity index (χ4v) is 4.38. The largest absolute Gasteiger partial charge is 0.481 e. The van der Waals surface area contributed by atoms with Crippen molar-refractivity contribution < 1.29 is 14.7 Å². The summed E-state index contributed by atoms with van der Waals surface area (Å²) >= 11 is 0. The summed E-state index contributed by atoms with van der Waals surface area (Å²) in [7, 11) is 0. The zero-order chi connectivity index (χ0) is 24.9. The van der Waals surface area contributed by atoms with Crippen molar-refractivity contribution in [3.8, 4) is 0 Å². The Morgan fingerprint density at radius 1 is 0.676 bits per heavy atom. The van der Waals surface area contributed by atoms with E-state index >= 15 is 0 Å². The van der Waals surface area contributed by atoms with Crippen molar-refractivity contribution in [1.29, 1.82) is 0 Å². The fourth-order valence-electron chi connectivity index (χ4n) is 4.38. The van der Waals surface area contributed by atoms with Crippen LogP contribution in [0.3, 0.4) is 0 Å². The van der Waals surface area contributed by atoms with E-state index in [-0.39, 0.29) is 12.3 Å². The number of carboxylic acid groups (broad SMARTS) is 1. The molecule has 0 unspecified atom stereocenters. The van der Waals surface area contributed by atoms with Crippen LogP contribution in [0.1, 0.15) is 133 Å². The van der Waals surface area contributed by atoms with Crippen LogP contribution in [0, 0.1) is 0 Å². The van der Waals surface area contributed by atoms with Crippen molar-refractivity contribution >= 4 is 17.6 Å². The van der Waals surface area contributed by atoms with Gasteiger partial charge in [0, 0.05) is 30.8 Å². The van der Waals surface area contributed by atoms with Crippen LogP contribution in [-0.2, 0) is 4.79 Å². The number of amides is 1. The third-order valence-corrected chi connectivity index (χ3v) is 6.55.